The number of primary amides is 1. The summed E-state index contributed by atoms with van der Waals surface area (Å²) in [6, 6.07) is 6.62. The van der Waals surface area contributed by atoms with E-state index in [9.17, 15) is 43.5 Å². The van der Waals surface area contributed by atoms with E-state index < -0.39 is 109 Å². The van der Waals surface area contributed by atoms with Gasteiger partial charge in [-0.3, -0.25) is 53.7 Å². The largest absolute Gasteiger partial charge is 0.376 e. The zero-order chi connectivity index (χ0) is 53.5. The highest BCUT2D eigenvalue weighted by Gasteiger charge is 2.35. The summed E-state index contributed by atoms with van der Waals surface area (Å²) in [4.78, 5) is 121. The zero-order valence-electron chi connectivity index (χ0n) is 40.9. The summed E-state index contributed by atoms with van der Waals surface area (Å²) in [6.07, 6.45) is 0.139. The van der Waals surface area contributed by atoms with Crippen LogP contribution in [0.5, 0.6) is 0 Å². The Bertz CT molecular complexity index is 2410. The maximum absolute atomic E-state index is 14.5. The highest BCUT2D eigenvalue weighted by Crippen LogP contribution is 2.20. The Kier molecular flexibility index (Phi) is 23.3. The molecule has 26 heteroatoms. The van der Waals surface area contributed by atoms with Crippen LogP contribution in [0.4, 0.5) is 0 Å². The van der Waals surface area contributed by atoms with Gasteiger partial charge < -0.3 is 81.7 Å². The molecule has 26 nitrogen and oxygen atoms in total. The molecule has 0 radical (unpaired) electrons. The number of hydrogen-bond acceptors (Lipinski definition) is 13. The normalized spacial score (nSPS) is 22.5. The van der Waals surface area contributed by atoms with Crippen molar-refractivity contribution < 1.29 is 43.5 Å². The molecule has 1 aromatic heterocycles. The molecule has 1 fully saturated rings. The Morgan fingerprint density at radius 1 is 0.753 bits per heavy atom. The number of nitrogens with two attached hydrogens (primary N) is 6. The van der Waals surface area contributed by atoms with E-state index in [4.69, 9.17) is 34.4 Å². The Hall–Kier alpha value is -7.84. The molecule has 73 heavy (non-hydrogen) atoms. The molecule has 0 saturated carbocycles. The van der Waals surface area contributed by atoms with Crippen molar-refractivity contribution in [3.05, 3.63) is 71.9 Å². The lowest BCUT2D eigenvalue weighted by Gasteiger charge is -2.30. The fourth-order valence-corrected chi connectivity index (χ4v) is 8.02. The molecule has 0 aliphatic carbocycles. The molecule has 2 aromatic carbocycles. The molecule has 8 amide bonds. The second-order valence-electron chi connectivity index (χ2n) is 17.6. The summed E-state index contributed by atoms with van der Waals surface area (Å²) >= 11 is 0. The van der Waals surface area contributed by atoms with E-state index in [1.165, 1.54) is 6.92 Å². The van der Waals surface area contributed by atoms with Gasteiger partial charge in [-0.25, -0.2) is 0 Å². The van der Waals surface area contributed by atoms with Crippen LogP contribution in [0.1, 0.15) is 69.4 Å². The van der Waals surface area contributed by atoms with Gasteiger partial charge in [0, 0.05) is 63.0 Å². The van der Waals surface area contributed by atoms with Crippen LogP contribution >= 0.6 is 0 Å². The maximum atomic E-state index is 14.5. The van der Waals surface area contributed by atoms with Gasteiger partial charge in [-0.05, 0) is 62.1 Å². The number of aliphatic hydroxyl groups is 1. The summed E-state index contributed by atoms with van der Waals surface area (Å²) in [6.45, 7) is 0.978. The minimum Gasteiger partial charge on any atom is -0.376 e. The van der Waals surface area contributed by atoms with E-state index in [0.29, 0.717) is 11.1 Å². The third-order valence-electron chi connectivity index (χ3n) is 11.8. The van der Waals surface area contributed by atoms with Crippen LogP contribution in [0.3, 0.4) is 0 Å². The summed E-state index contributed by atoms with van der Waals surface area (Å²) in [5.41, 5.74) is 35.8. The van der Waals surface area contributed by atoms with E-state index in [1.807, 2.05) is 24.3 Å². The smallest absolute Gasteiger partial charge is 0.243 e. The Morgan fingerprint density at radius 3 is 2.01 bits per heavy atom. The molecule has 3 aromatic rings. The predicted octanol–water partition coefficient (Wildman–Crippen LogP) is -4.60. The highest BCUT2D eigenvalue weighted by molar-refractivity contribution is 5.96. The first-order chi connectivity index (χ1) is 34.8. The van der Waals surface area contributed by atoms with E-state index in [-0.39, 0.29) is 89.3 Å². The molecule has 4 rings (SSSR count). The zero-order valence-corrected chi connectivity index (χ0v) is 40.9. The van der Waals surface area contributed by atoms with Crippen molar-refractivity contribution in [3.63, 3.8) is 0 Å². The summed E-state index contributed by atoms with van der Waals surface area (Å²) in [5.74, 6) is -6.47. The Balaban J connectivity index is 1.73. The van der Waals surface area contributed by atoms with Crippen molar-refractivity contribution in [2.75, 3.05) is 26.2 Å². The first-order valence-corrected chi connectivity index (χ1v) is 24.0. The molecule has 0 bridgehead atoms. The van der Waals surface area contributed by atoms with Gasteiger partial charge in [0.2, 0.25) is 47.3 Å². The first kappa shape index (κ1) is 57.7. The number of carbonyl (C=O) groups is 8. The van der Waals surface area contributed by atoms with Crippen molar-refractivity contribution in [1.82, 2.24) is 47.5 Å². The monoisotopic (exact) mass is 1020 g/mol. The molecule has 2 unspecified atom stereocenters. The second kappa shape index (κ2) is 29.5. The van der Waals surface area contributed by atoms with Gasteiger partial charge >= 0.3 is 0 Å². The molecule has 1 aliphatic heterocycles. The number of nitrogens with zero attached hydrogens (tertiary/aromatic N) is 2. The average molecular weight is 1020 g/mol. The molecular weight excluding hydrogens is 947 g/mol. The fourth-order valence-electron chi connectivity index (χ4n) is 8.02. The lowest BCUT2D eigenvalue weighted by molar-refractivity contribution is -0.134. The van der Waals surface area contributed by atoms with Crippen molar-refractivity contribution in [3.8, 4) is 0 Å². The number of benzene rings is 2. The van der Waals surface area contributed by atoms with Gasteiger partial charge in [0.1, 0.15) is 42.5 Å². The molecule has 0 spiro atoms. The number of aromatic amines is 1. The van der Waals surface area contributed by atoms with Crippen LogP contribution in [0, 0.1) is 0 Å². The van der Waals surface area contributed by atoms with Gasteiger partial charge in [-0.1, -0.05) is 48.5 Å². The van der Waals surface area contributed by atoms with Crippen LogP contribution in [0.15, 0.2) is 70.8 Å². The summed E-state index contributed by atoms with van der Waals surface area (Å²) < 4.78 is 0. The standard InChI is InChI=1S/C47H71N17O9/c1-26(65)58-32(16-9-19-55-46(50)51)40(68)63-36-23-38(66)54-18-8-7-15-31(39(49)67)59-43(71)35(22-28-25-57-30-14-6-5-13-29(28)30)62-41(69)33(17-10-20-56-47(52)53)60-42(70)34(21-27-11-3-2-4-12-27)61-45(73)37(24-48)64-44(36)72/h2-6,11-14,25,31-37,44,57,64,72H,7-10,15-24,48H2,1H3,(H2,49,67)(H,54,66)(H,58,65)(H,59,71)(H,60,70)(H,61,73)(H,62,69)(H,63,68)(H4,50,51,55)(H4,52,53,56)/t31-,32-,33-,34?,35-,36-,37-,44?/m0/s1. The number of hydrogen-bond donors (Lipinski definition) is 16. The minimum absolute atomic E-state index is 0.0352. The molecule has 1 saturated heterocycles. The van der Waals surface area contributed by atoms with Gasteiger partial charge in [0.25, 0.3) is 0 Å². The van der Waals surface area contributed by atoms with Crippen LogP contribution in [-0.4, -0.2) is 144 Å². The number of aliphatic imine (C=N–C) groups is 2. The van der Waals surface area contributed by atoms with Gasteiger partial charge in [0.15, 0.2) is 11.9 Å². The number of para-hydroxylation sites is 1. The number of H-pyrrole nitrogens is 1. The first-order valence-electron chi connectivity index (χ1n) is 24.0. The lowest BCUT2D eigenvalue weighted by Crippen LogP contribution is -2.63. The number of carbonyl (C=O) groups excluding carboxylic acids is 8. The number of amides is 8. The van der Waals surface area contributed by atoms with E-state index in [2.05, 4.69) is 57.5 Å². The lowest BCUT2D eigenvalue weighted by atomic mass is 10.0. The number of nitrogens with one attached hydrogen (secondary N) is 9. The highest BCUT2D eigenvalue weighted by atomic mass is 16.3. The topological polar surface area (TPSA) is 450 Å². The van der Waals surface area contributed by atoms with Crippen LogP contribution in [-0.2, 0) is 51.2 Å². The third kappa shape index (κ3) is 19.7. The Labute approximate surface area is 422 Å². The average Bonchev–Trinajstić information content (AvgIpc) is 3.75. The summed E-state index contributed by atoms with van der Waals surface area (Å²) in [5, 5.41) is 33.8. The number of guanidine groups is 2. The number of fused-ring (bicyclic) bond motifs is 1. The molecule has 22 N–H and O–H groups in total. The molecule has 1 aliphatic rings. The van der Waals surface area contributed by atoms with Crippen molar-refractivity contribution in [2.45, 2.75) is 120 Å². The van der Waals surface area contributed by atoms with Crippen LogP contribution < -0.4 is 76.9 Å². The van der Waals surface area contributed by atoms with Gasteiger partial charge in [-0.15, -0.1) is 0 Å². The number of aromatic nitrogens is 1. The van der Waals surface area contributed by atoms with E-state index in [1.54, 1.807) is 36.5 Å². The van der Waals surface area contributed by atoms with Crippen LogP contribution in [0.2, 0.25) is 0 Å². The third-order valence-corrected chi connectivity index (χ3v) is 11.8. The molecule has 398 valence electrons. The van der Waals surface area contributed by atoms with Crippen molar-refractivity contribution in [2.24, 2.45) is 44.4 Å². The van der Waals surface area contributed by atoms with Gasteiger partial charge in [0.05, 0.1) is 12.5 Å². The molecular formula is C47H71N17O9. The van der Waals surface area contributed by atoms with Gasteiger partial charge in [-0.2, -0.15) is 0 Å². The second-order valence-corrected chi connectivity index (χ2v) is 17.6. The van der Waals surface area contributed by atoms with E-state index >= 15 is 0 Å². The maximum Gasteiger partial charge on any atom is 0.243 e. The molecule has 8 atom stereocenters. The predicted molar refractivity (Wildman–Crippen MR) is 272 cm³/mol. The SMILES string of the molecule is CC(=O)N[C@@H](CCCN=C(N)N)C(=O)N[C@H]1CC(=O)NCCCC[C@@H](C(N)=O)NC(=O)[C@H](Cc2c[nH]c3ccccc23)NC(=O)[C@H](CCCN=C(N)N)NC(=O)C(Cc2ccccc2)NC(=O)[C@H](CN)NC1O. The summed E-state index contributed by atoms with van der Waals surface area (Å²) in [7, 11) is 0. The minimum atomic E-state index is -1.84. The van der Waals surface area contributed by atoms with Crippen LogP contribution in [0.25, 0.3) is 10.9 Å². The van der Waals surface area contributed by atoms with Crippen molar-refractivity contribution in [1.29, 1.82) is 0 Å². The Morgan fingerprint density at radius 2 is 1.36 bits per heavy atom. The quantitative estimate of drug-likeness (QED) is 0.0344. The van der Waals surface area contributed by atoms with Crippen molar-refractivity contribution >= 4 is 70.1 Å². The number of aliphatic hydroxyl groups excluding tert-OH is 1. The fraction of sp³-hybridized carbons (Fsp3) is 0.489. The van der Waals surface area contributed by atoms with E-state index in [0.717, 1.165) is 10.9 Å². The molecule has 2 heterocycles. The number of rotatable bonds is 17.